The van der Waals surface area contributed by atoms with E-state index in [1.807, 2.05) is 0 Å². The molecule has 2 nitrogen and oxygen atoms in total. The normalized spacial score (nSPS) is 27.3. The quantitative estimate of drug-likeness (QED) is 0.539. The lowest BCUT2D eigenvalue weighted by atomic mass is 10.1. The Balaban J connectivity index is 2.14. The van der Waals surface area contributed by atoms with Gasteiger partial charge in [-0.1, -0.05) is 18.6 Å². The Morgan fingerprint density at radius 2 is 2.27 bits per heavy atom. The summed E-state index contributed by atoms with van der Waals surface area (Å²) in [6, 6.07) is 0. The second-order valence-corrected chi connectivity index (χ2v) is 4.54. The van der Waals surface area contributed by atoms with Gasteiger partial charge in [-0.05, 0) is 52.6 Å². The highest BCUT2D eigenvalue weighted by Crippen LogP contribution is 2.24. The summed E-state index contributed by atoms with van der Waals surface area (Å²) in [7, 11) is 0. The predicted molar refractivity (Wildman–Crippen MR) is 65.1 cm³/mol. The van der Waals surface area contributed by atoms with E-state index in [0.29, 0.717) is 12.2 Å². The molecule has 0 aliphatic carbocycles. The van der Waals surface area contributed by atoms with Gasteiger partial charge in [0.15, 0.2) is 0 Å². The lowest BCUT2D eigenvalue weighted by Gasteiger charge is -2.11. The number of hydrogen-bond acceptors (Lipinski definition) is 2. The molecule has 1 saturated heterocycles. The lowest BCUT2D eigenvalue weighted by molar-refractivity contribution is 0.0564. The highest BCUT2D eigenvalue weighted by molar-refractivity contribution is 5.00. The topological polar surface area (TPSA) is 21.3 Å². The SMILES string of the molecule is CCNCC/C=C(/C)CC1CCC(C)O1. The smallest absolute Gasteiger partial charge is 0.0616 e. The molecule has 0 aromatic heterocycles. The fraction of sp³-hybridized carbons (Fsp3) is 0.846. The van der Waals surface area contributed by atoms with E-state index in [1.165, 1.54) is 18.4 Å². The third-order valence-corrected chi connectivity index (χ3v) is 2.93. The summed E-state index contributed by atoms with van der Waals surface area (Å²) < 4.78 is 5.80. The Bertz CT molecular complexity index is 201. The maximum Gasteiger partial charge on any atom is 0.0616 e. The van der Waals surface area contributed by atoms with Gasteiger partial charge < -0.3 is 10.1 Å². The molecule has 88 valence electrons. The lowest BCUT2D eigenvalue weighted by Crippen LogP contribution is -2.13. The van der Waals surface area contributed by atoms with Crippen molar-refractivity contribution in [3.05, 3.63) is 11.6 Å². The summed E-state index contributed by atoms with van der Waals surface area (Å²) in [5, 5.41) is 3.33. The molecule has 2 atom stereocenters. The molecule has 1 heterocycles. The van der Waals surface area contributed by atoms with Crippen LogP contribution < -0.4 is 5.32 Å². The first kappa shape index (κ1) is 12.7. The zero-order valence-electron chi connectivity index (χ0n) is 10.4. The van der Waals surface area contributed by atoms with Gasteiger partial charge in [0, 0.05) is 0 Å². The molecule has 0 amide bonds. The minimum absolute atomic E-state index is 0.476. The van der Waals surface area contributed by atoms with Gasteiger partial charge in [0.25, 0.3) is 0 Å². The standard InChI is InChI=1S/C13H25NO/c1-4-14-9-5-6-11(2)10-13-8-7-12(3)15-13/h6,12-14H,4-5,7-10H2,1-3H3/b11-6-. The predicted octanol–water partition coefficient (Wildman–Crippen LogP) is 2.89. The molecule has 1 aliphatic heterocycles. The summed E-state index contributed by atoms with van der Waals surface area (Å²) in [4.78, 5) is 0. The highest BCUT2D eigenvalue weighted by Gasteiger charge is 2.21. The minimum atomic E-state index is 0.476. The zero-order valence-corrected chi connectivity index (χ0v) is 10.4. The molecule has 1 aliphatic rings. The third-order valence-electron chi connectivity index (χ3n) is 2.93. The molecule has 1 fully saturated rings. The molecule has 2 unspecified atom stereocenters. The van der Waals surface area contributed by atoms with Crippen molar-refractivity contribution in [2.45, 2.75) is 58.7 Å². The molecule has 0 bridgehead atoms. The maximum atomic E-state index is 5.80. The second-order valence-electron chi connectivity index (χ2n) is 4.54. The largest absolute Gasteiger partial charge is 0.375 e. The van der Waals surface area contributed by atoms with Gasteiger partial charge in [0.2, 0.25) is 0 Å². The van der Waals surface area contributed by atoms with Gasteiger partial charge in [0.1, 0.15) is 0 Å². The zero-order chi connectivity index (χ0) is 11.1. The van der Waals surface area contributed by atoms with Crippen LogP contribution in [-0.4, -0.2) is 25.3 Å². The fourth-order valence-electron chi connectivity index (χ4n) is 2.08. The first-order valence-electron chi connectivity index (χ1n) is 6.24. The van der Waals surface area contributed by atoms with Gasteiger partial charge >= 0.3 is 0 Å². The van der Waals surface area contributed by atoms with Crippen LogP contribution in [0.1, 0.15) is 46.5 Å². The summed E-state index contributed by atoms with van der Waals surface area (Å²) >= 11 is 0. The average Bonchev–Trinajstić information content (AvgIpc) is 2.59. The Kier molecular flexibility index (Phi) is 5.96. The Labute approximate surface area is 94.1 Å². The van der Waals surface area contributed by atoms with Crippen molar-refractivity contribution >= 4 is 0 Å². The highest BCUT2D eigenvalue weighted by atomic mass is 16.5. The second kappa shape index (κ2) is 7.02. The number of hydrogen-bond donors (Lipinski definition) is 1. The van der Waals surface area contributed by atoms with Crippen molar-refractivity contribution in [1.82, 2.24) is 5.32 Å². The summed E-state index contributed by atoms with van der Waals surface area (Å²) in [6.07, 6.45) is 8.03. The Hall–Kier alpha value is -0.340. The van der Waals surface area contributed by atoms with E-state index in [-0.39, 0.29) is 0 Å². The van der Waals surface area contributed by atoms with E-state index in [4.69, 9.17) is 4.74 Å². The van der Waals surface area contributed by atoms with Gasteiger partial charge in [-0.3, -0.25) is 0 Å². The molecule has 0 aromatic rings. The van der Waals surface area contributed by atoms with Crippen LogP contribution in [0.15, 0.2) is 11.6 Å². The van der Waals surface area contributed by atoms with Crippen molar-refractivity contribution < 1.29 is 4.74 Å². The summed E-state index contributed by atoms with van der Waals surface area (Å²) in [5.74, 6) is 0. The van der Waals surface area contributed by atoms with Gasteiger partial charge in [0.05, 0.1) is 12.2 Å². The van der Waals surface area contributed by atoms with Crippen molar-refractivity contribution in [3.63, 3.8) is 0 Å². The van der Waals surface area contributed by atoms with Crippen molar-refractivity contribution in [1.29, 1.82) is 0 Å². The van der Waals surface area contributed by atoms with Crippen LogP contribution in [0.3, 0.4) is 0 Å². The average molecular weight is 211 g/mol. The summed E-state index contributed by atoms with van der Waals surface area (Å²) in [6.45, 7) is 8.69. The van der Waals surface area contributed by atoms with E-state index in [1.54, 1.807) is 0 Å². The third kappa shape index (κ3) is 5.33. The van der Waals surface area contributed by atoms with Gasteiger partial charge in [-0.15, -0.1) is 0 Å². The Morgan fingerprint density at radius 1 is 1.47 bits per heavy atom. The van der Waals surface area contributed by atoms with Crippen molar-refractivity contribution in [2.24, 2.45) is 0 Å². The summed E-state index contributed by atoms with van der Waals surface area (Å²) in [5.41, 5.74) is 1.48. The van der Waals surface area contributed by atoms with Crippen LogP contribution in [0.25, 0.3) is 0 Å². The van der Waals surface area contributed by atoms with E-state index >= 15 is 0 Å². The van der Waals surface area contributed by atoms with E-state index in [2.05, 4.69) is 32.2 Å². The van der Waals surface area contributed by atoms with Crippen molar-refractivity contribution in [2.75, 3.05) is 13.1 Å². The van der Waals surface area contributed by atoms with Crippen LogP contribution >= 0.6 is 0 Å². The van der Waals surface area contributed by atoms with Crippen molar-refractivity contribution in [3.8, 4) is 0 Å². The van der Waals surface area contributed by atoms with Crippen LogP contribution in [-0.2, 0) is 4.74 Å². The van der Waals surface area contributed by atoms with Gasteiger partial charge in [-0.25, -0.2) is 0 Å². The molecule has 0 aromatic carbocycles. The molecule has 0 spiro atoms. The van der Waals surface area contributed by atoms with Crippen LogP contribution in [0.4, 0.5) is 0 Å². The minimum Gasteiger partial charge on any atom is -0.375 e. The van der Waals surface area contributed by atoms with E-state index in [9.17, 15) is 0 Å². The van der Waals surface area contributed by atoms with E-state index in [0.717, 1.165) is 25.9 Å². The molecular formula is C13H25NO. The number of ether oxygens (including phenoxy) is 1. The van der Waals surface area contributed by atoms with Crippen LogP contribution in [0.5, 0.6) is 0 Å². The molecular weight excluding hydrogens is 186 g/mol. The molecule has 2 heteroatoms. The molecule has 0 saturated carbocycles. The van der Waals surface area contributed by atoms with Crippen LogP contribution in [0, 0.1) is 0 Å². The number of nitrogens with one attached hydrogen (secondary N) is 1. The fourth-order valence-corrected chi connectivity index (χ4v) is 2.08. The Morgan fingerprint density at radius 3 is 2.87 bits per heavy atom. The molecule has 0 radical (unpaired) electrons. The molecule has 15 heavy (non-hydrogen) atoms. The van der Waals surface area contributed by atoms with E-state index < -0.39 is 0 Å². The van der Waals surface area contributed by atoms with Crippen LogP contribution in [0.2, 0.25) is 0 Å². The first-order chi connectivity index (χ1) is 7.22. The maximum absolute atomic E-state index is 5.80. The number of rotatable bonds is 6. The van der Waals surface area contributed by atoms with Gasteiger partial charge in [-0.2, -0.15) is 0 Å². The molecule has 1 rings (SSSR count). The first-order valence-corrected chi connectivity index (χ1v) is 6.24. The monoisotopic (exact) mass is 211 g/mol. The molecule has 1 N–H and O–H groups in total.